The number of rotatable bonds is 6. The molecular weight excluding hydrogens is 297 g/mol. The molecule has 0 aromatic heterocycles. The van der Waals surface area contributed by atoms with E-state index in [9.17, 15) is 9.30 Å². The van der Waals surface area contributed by atoms with Crippen LogP contribution in [0.15, 0.2) is 47.7 Å². The third kappa shape index (κ3) is 4.14. The van der Waals surface area contributed by atoms with Gasteiger partial charge in [-0.05, 0) is 40.6 Å². The van der Waals surface area contributed by atoms with Crippen molar-refractivity contribution in [1.29, 1.82) is 0 Å². The van der Waals surface area contributed by atoms with Crippen LogP contribution in [0.2, 0.25) is 0 Å². The smallest absolute Gasteiger partial charge is 0.133 e. The summed E-state index contributed by atoms with van der Waals surface area (Å²) in [5, 5.41) is 11.8. The van der Waals surface area contributed by atoms with E-state index in [2.05, 4.69) is 5.18 Å². The van der Waals surface area contributed by atoms with E-state index < -0.39 is 0 Å². The molecule has 0 saturated heterocycles. The van der Waals surface area contributed by atoms with Crippen LogP contribution in [0.3, 0.4) is 0 Å². The first-order valence-corrected chi connectivity index (χ1v) is 7.05. The zero-order valence-corrected chi connectivity index (χ0v) is 12.7. The number of nitroso groups, excluding NO2 is 1. The minimum absolute atomic E-state index is 0.102. The van der Waals surface area contributed by atoms with Gasteiger partial charge in [-0.15, -0.1) is 4.91 Å². The van der Waals surface area contributed by atoms with E-state index in [1.807, 2.05) is 11.9 Å². The summed E-state index contributed by atoms with van der Waals surface area (Å²) in [5.41, 5.74) is 8.69. The second-order valence-electron chi connectivity index (χ2n) is 5.13. The molecule has 0 aliphatic heterocycles. The first-order valence-electron chi connectivity index (χ1n) is 7.05. The molecule has 5 nitrogen and oxygen atoms in total. The third-order valence-corrected chi connectivity index (χ3v) is 3.42. The maximum atomic E-state index is 13.0. The molecule has 0 fully saturated rings. The lowest BCUT2D eigenvalue weighted by atomic mass is 10.1. The van der Waals surface area contributed by atoms with Crippen molar-refractivity contribution in [1.82, 2.24) is 0 Å². The summed E-state index contributed by atoms with van der Waals surface area (Å²) in [5.74, 6) is -0.292. The lowest BCUT2D eigenvalue weighted by Crippen LogP contribution is -2.18. The van der Waals surface area contributed by atoms with Gasteiger partial charge in [0.2, 0.25) is 0 Å². The molecule has 120 valence electrons. The molecular formula is C17H18FN3O2. The monoisotopic (exact) mass is 315 g/mol. The first-order chi connectivity index (χ1) is 11.0. The quantitative estimate of drug-likeness (QED) is 0.632. The number of hydrogen-bond donors (Lipinski definition) is 2. The average Bonchev–Trinajstić information content (AvgIpc) is 2.55. The maximum Gasteiger partial charge on any atom is 0.133 e. The van der Waals surface area contributed by atoms with Crippen molar-refractivity contribution in [2.45, 2.75) is 6.54 Å². The van der Waals surface area contributed by atoms with E-state index in [1.165, 1.54) is 12.1 Å². The van der Waals surface area contributed by atoms with Gasteiger partial charge in [-0.25, -0.2) is 4.39 Å². The molecule has 3 N–H and O–H groups in total. The molecule has 0 amide bonds. The molecule has 0 aliphatic rings. The van der Waals surface area contributed by atoms with E-state index in [1.54, 1.807) is 36.4 Å². The summed E-state index contributed by atoms with van der Waals surface area (Å²) in [7, 11) is 1.82. The predicted octanol–water partition coefficient (Wildman–Crippen LogP) is 3.45. The van der Waals surface area contributed by atoms with Crippen LogP contribution in [0.25, 0.3) is 6.08 Å². The molecule has 0 aliphatic carbocycles. The minimum Gasteiger partial charge on any atom is -0.395 e. The van der Waals surface area contributed by atoms with Gasteiger partial charge in [-0.1, -0.05) is 24.3 Å². The van der Waals surface area contributed by atoms with Gasteiger partial charge < -0.3 is 15.7 Å². The van der Waals surface area contributed by atoms with Crippen LogP contribution >= 0.6 is 0 Å². The van der Waals surface area contributed by atoms with E-state index in [4.69, 9.17) is 10.8 Å². The van der Waals surface area contributed by atoms with Crippen LogP contribution in [0.5, 0.6) is 0 Å². The van der Waals surface area contributed by atoms with Crippen LogP contribution in [0, 0.1) is 10.7 Å². The Hall–Kier alpha value is -2.73. The largest absolute Gasteiger partial charge is 0.395 e. The predicted molar refractivity (Wildman–Crippen MR) is 90.9 cm³/mol. The molecule has 23 heavy (non-hydrogen) atoms. The highest BCUT2D eigenvalue weighted by Gasteiger charge is 2.12. The van der Waals surface area contributed by atoms with Crippen molar-refractivity contribution in [3.63, 3.8) is 0 Å². The molecule has 0 bridgehead atoms. The fraction of sp³-hybridized carbons (Fsp3) is 0.176. The first kappa shape index (κ1) is 16.6. The molecule has 0 saturated carbocycles. The third-order valence-electron chi connectivity index (χ3n) is 3.42. The molecule has 0 heterocycles. The Kier molecular flexibility index (Phi) is 5.43. The van der Waals surface area contributed by atoms with Gasteiger partial charge in [0.05, 0.1) is 18.0 Å². The van der Waals surface area contributed by atoms with E-state index in [0.717, 1.165) is 5.56 Å². The van der Waals surface area contributed by atoms with E-state index in [-0.39, 0.29) is 23.8 Å². The van der Waals surface area contributed by atoms with E-state index in [0.29, 0.717) is 17.8 Å². The minimum atomic E-state index is -0.292. The number of nitrogens with zero attached hydrogens (tertiary/aromatic N) is 2. The number of nitrogens with two attached hydrogens (primary N) is 1. The number of hydrogen-bond acceptors (Lipinski definition) is 5. The van der Waals surface area contributed by atoms with Gasteiger partial charge in [0.1, 0.15) is 11.5 Å². The van der Waals surface area contributed by atoms with Crippen LogP contribution in [0.1, 0.15) is 11.1 Å². The molecule has 0 atom stereocenters. The Morgan fingerprint density at radius 3 is 2.61 bits per heavy atom. The Morgan fingerprint density at radius 1 is 1.30 bits per heavy atom. The van der Waals surface area contributed by atoms with E-state index >= 15 is 0 Å². The summed E-state index contributed by atoms with van der Waals surface area (Å²) in [6.45, 7) is 0.394. The standard InChI is InChI=1S/C17H18FN3O2/c1-21(11-12-4-6-14(18)7-5-12)16-10-13(3-2-8-22)9-15(20-23)17(16)19/h2-7,9-10,22H,8,11,19H2,1H3/b3-2+. The Balaban J connectivity index is 2.33. The van der Waals surface area contributed by atoms with Gasteiger partial charge >= 0.3 is 0 Å². The number of aliphatic hydroxyl groups excluding tert-OH is 1. The number of halogens is 1. The van der Waals surface area contributed by atoms with Crippen molar-refractivity contribution in [3.8, 4) is 0 Å². The van der Waals surface area contributed by atoms with Crippen molar-refractivity contribution in [3.05, 3.63) is 64.3 Å². The van der Waals surface area contributed by atoms with Crippen molar-refractivity contribution >= 4 is 23.1 Å². The number of nitrogen functional groups attached to an aromatic ring is 1. The number of aliphatic hydroxyl groups is 1. The van der Waals surface area contributed by atoms with Gasteiger partial charge in [0.15, 0.2) is 0 Å². The number of benzene rings is 2. The van der Waals surface area contributed by atoms with Gasteiger partial charge in [0, 0.05) is 13.6 Å². The summed E-state index contributed by atoms with van der Waals surface area (Å²) >= 11 is 0. The number of anilines is 2. The van der Waals surface area contributed by atoms with Crippen LogP contribution < -0.4 is 10.6 Å². The summed E-state index contributed by atoms with van der Waals surface area (Å²) in [6.07, 6.45) is 3.24. The zero-order valence-electron chi connectivity index (χ0n) is 12.7. The van der Waals surface area contributed by atoms with Crippen molar-refractivity contribution in [2.75, 3.05) is 24.3 Å². The highest BCUT2D eigenvalue weighted by atomic mass is 19.1. The summed E-state index contributed by atoms with van der Waals surface area (Å²) in [6, 6.07) is 9.53. The summed E-state index contributed by atoms with van der Waals surface area (Å²) in [4.78, 5) is 12.8. The Labute approximate surface area is 133 Å². The summed E-state index contributed by atoms with van der Waals surface area (Å²) < 4.78 is 13.0. The molecule has 2 aromatic rings. The normalized spacial score (nSPS) is 10.9. The highest BCUT2D eigenvalue weighted by Crippen LogP contribution is 2.34. The lowest BCUT2D eigenvalue weighted by Gasteiger charge is -2.22. The van der Waals surface area contributed by atoms with Crippen molar-refractivity contribution in [2.24, 2.45) is 5.18 Å². The topological polar surface area (TPSA) is 78.9 Å². The Bertz CT molecular complexity index is 715. The van der Waals surface area contributed by atoms with Crippen LogP contribution in [-0.4, -0.2) is 18.8 Å². The van der Waals surface area contributed by atoms with Crippen LogP contribution in [-0.2, 0) is 6.54 Å². The van der Waals surface area contributed by atoms with Gasteiger partial charge in [0.25, 0.3) is 0 Å². The van der Waals surface area contributed by atoms with Crippen molar-refractivity contribution < 1.29 is 9.50 Å². The molecule has 0 radical (unpaired) electrons. The Morgan fingerprint density at radius 2 is 2.00 bits per heavy atom. The highest BCUT2D eigenvalue weighted by molar-refractivity contribution is 5.82. The molecule has 6 heteroatoms. The average molecular weight is 315 g/mol. The molecule has 2 aromatic carbocycles. The maximum absolute atomic E-state index is 13.0. The van der Waals surface area contributed by atoms with Gasteiger partial charge in [-0.3, -0.25) is 0 Å². The fourth-order valence-electron chi connectivity index (χ4n) is 2.27. The molecule has 0 unspecified atom stereocenters. The SMILES string of the molecule is CN(Cc1ccc(F)cc1)c1cc(/C=C/CO)cc(N=O)c1N. The fourth-order valence-corrected chi connectivity index (χ4v) is 2.27. The molecule has 0 spiro atoms. The lowest BCUT2D eigenvalue weighted by molar-refractivity contribution is 0.343. The zero-order chi connectivity index (χ0) is 16.8. The van der Waals surface area contributed by atoms with Crippen LogP contribution in [0.4, 0.5) is 21.5 Å². The molecule has 2 rings (SSSR count). The second kappa shape index (κ2) is 7.51. The second-order valence-corrected chi connectivity index (χ2v) is 5.13. The van der Waals surface area contributed by atoms with Gasteiger partial charge in [-0.2, -0.15) is 0 Å².